The molecule has 2 unspecified atom stereocenters. The van der Waals surface area contributed by atoms with Crippen LogP contribution in [-0.2, 0) is 55.5 Å². The molecule has 1 aliphatic rings. The van der Waals surface area contributed by atoms with Crippen molar-refractivity contribution in [3.8, 4) is 0 Å². The predicted molar refractivity (Wildman–Crippen MR) is 284 cm³/mol. The quantitative estimate of drug-likeness (QED) is 0.0158. The van der Waals surface area contributed by atoms with Gasteiger partial charge in [0.05, 0.1) is 26.0 Å². The Morgan fingerprint density at radius 1 is 0.829 bits per heavy atom. The van der Waals surface area contributed by atoms with Gasteiger partial charge in [0.15, 0.2) is 22.8 Å². The van der Waals surface area contributed by atoms with Crippen LogP contribution in [-0.4, -0.2) is 128 Å². The first-order chi connectivity index (χ1) is 35.9. The van der Waals surface area contributed by atoms with Crippen molar-refractivity contribution in [2.45, 2.75) is 141 Å². The molecular formula is C47H74N7O18P3S. The molecule has 0 spiro atoms. The fraction of sp³-hybridized carbons (Fsp3) is 0.596. The Morgan fingerprint density at radius 3 is 2.08 bits per heavy atom. The third kappa shape index (κ3) is 26.1. The zero-order valence-electron chi connectivity index (χ0n) is 42.9. The number of nitrogens with one attached hydrogen (secondary N) is 2. The summed E-state index contributed by atoms with van der Waals surface area (Å²) in [7, 11) is -16.5. The van der Waals surface area contributed by atoms with Crippen molar-refractivity contribution in [3.63, 3.8) is 0 Å². The fourth-order valence-corrected chi connectivity index (χ4v) is 10.6. The van der Waals surface area contributed by atoms with Crippen molar-refractivity contribution < 1.29 is 85.3 Å². The van der Waals surface area contributed by atoms with Crippen LogP contribution in [0.3, 0.4) is 0 Å². The molecule has 0 saturated carbocycles. The van der Waals surface area contributed by atoms with Gasteiger partial charge in [-0.1, -0.05) is 113 Å². The molecule has 0 aliphatic carbocycles. The number of amides is 2. The molecule has 0 bridgehead atoms. The topological polar surface area (TPSA) is 381 Å². The van der Waals surface area contributed by atoms with E-state index in [1.807, 2.05) is 0 Å². The number of allylic oxidation sites excluding steroid dienone is 10. The minimum absolute atomic E-state index is 0.0240. The normalized spacial score (nSPS) is 19.6. The van der Waals surface area contributed by atoms with Gasteiger partial charge in [0.25, 0.3) is 0 Å². The highest BCUT2D eigenvalue weighted by molar-refractivity contribution is 8.13. The number of rotatable bonds is 38. The van der Waals surface area contributed by atoms with Crippen LogP contribution in [0.15, 0.2) is 73.4 Å². The lowest BCUT2D eigenvalue weighted by atomic mass is 9.87. The summed E-state index contributed by atoms with van der Waals surface area (Å²) in [5, 5.41) is 26.2. The number of thioether (sulfide) groups is 1. The third-order valence-electron chi connectivity index (χ3n) is 11.1. The van der Waals surface area contributed by atoms with Crippen molar-refractivity contribution in [1.29, 1.82) is 0 Å². The number of phosphoric acid groups is 3. The molecule has 1 saturated heterocycles. The Balaban J connectivity index is 1.25. The average Bonchev–Trinajstić information content (AvgIpc) is 3.91. The molecule has 25 nitrogen and oxygen atoms in total. The summed E-state index contributed by atoms with van der Waals surface area (Å²) in [6, 6.07) is 0. The second-order valence-electron chi connectivity index (χ2n) is 18.0. The second-order valence-corrected chi connectivity index (χ2v) is 23.4. The lowest BCUT2D eigenvalue weighted by Gasteiger charge is -2.30. The fourth-order valence-electron chi connectivity index (χ4n) is 7.08. The first-order valence-electron chi connectivity index (χ1n) is 24.8. The van der Waals surface area contributed by atoms with Gasteiger partial charge < -0.3 is 50.9 Å². The Kier molecular flexibility index (Phi) is 29.7. The number of carbonyl (C=O) groups is 4. The number of nitrogens with two attached hydrogens (primary N) is 1. The highest BCUT2D eigenvalue weighted by Crippen LogP contribution is 2.61. The predicted octanol–water partition coefficient (Wildman–Crippen LogP) is 6.11. The molecular weight excluding hydrogens is 1080 g/mol. The number of fused-ring (bicyclic) bond motifs is 1. The van der Waals surface area contributed by atoms with Crippen molar-refractivity contribution in [1.82, 2.24) is 30.2 Å². The van der Waals surface area contributed by atoms with Gasteiger partial charge in [0.2, 0.25) is 11.8 Å². The molecule has 7 atom stereocenters. The van der Waals surface area contributed by atoms with E-state index >= 15 is 0 Å². The van der Waals surface area contributed by atoms with Crippen molar-refractivity contribution in [2.24, 2.45) is 5.41 Å². The number of ketones is 1. The highest BCUT2D eigenvalue weighted by atomic mass is 32.2. The second kappa shape index (κ2) is 34.0. The van der Waals surface area contributed by atoms with Crippen LogP contribution in [0.2, 0.25) is 0 Å². The molecule has 1 fully saturated rings. The van der Waals surface area contributed by atoms with E-state index in [0.717, 1.165) is 99.6 Å². The van der Waals surface area contributed by atoms with Crippen LogP contribution in [0.4, 0.5) is 5.82 Å². The van der Waals surface area contributed by atoms with E-state index in [2.05, 4.69) is 102 Å². The number of ether oxygens (including phenoxy) is 1. The molecule has 2 aromatic rings. The zero-order chi connectivity index (χ0) is 56.2. The number of hydrogen-bond acceptors (Lipinski definition) is 19. The number of aromatic nitrogens is 4. The van der Waals surface area contributed by atoms with E-state index in [-0.39, 0.29) is 59.6 Å². The van der Waals surface area contributed by atoms with E-state index in [9.17, 15) is 62.7 Å². The molecule has 426 valence electrons. The zero-order valence-corrected chi connectivity index (χ0v) is 46.4. The molecule has 3 heterocycles. The van der Waals surface area contributed by atoms with Gasteiger partial charge in [0, 0.05) is 37.1 Å². The minimum Gasteiger partial charge on any atom is -0.386 e. The number of nitrogens with zero attached hydrogens (tertiary/aromatic N) is 4. The first-order valence-corrected chi connectivity index (χ1v) is 30.3. The maximum Gasteiger partial charge on any atom is 0.481 e. The number of anilines is 1. The highest BCUT2D eigenvalue weighted by Gasteiger charge is 2.50. The Bertz CT molecular complexity index is 2470. The molecule has 0 aromatic carbocycles. The SMILES string of the molecule is CC/C=C\C/C=C\C/C=C\C/C=C\C/C=C\CCCCCCCC(=O)CC(=O)SCCNC(=O)CCNC(=O)[C@H](O)C(C)(C)COP(=O)(O)OP(=O)(O)OC[C@H]1O[C@@H](n2cnc3c(N)ncnc32)[C@H](O)[C@@H]1OP(=O)(O)O. The molecule has 0 radical (unpaired) electrons. The summed E-state index contributed by atoms with van der Waals surface area (Å²) in [5.41, 5.74) is 4.24. The molecule has 2 amide bonds. The summed E-state index contributed by atoms with van der Waals surface area (Å²) in [6.07, 6.45) is 25.6. The summed E-state index contributed by atoms with van der Waals surface area (Å²) in [5.74, 6) is -1.44. The van der Waals surface area contributed by atoms with Crippen LogP contribution in [0.1, 0.15) is 117 Å². The van der Waals surface area contributed by atoms with Gasteiger partial charge in [0.1, 0.15) is 42.0 Å². The number of hydrogen-bond donors (Lipinski definition) is 9. The maximum atomic E-state index is 12.8. The first kappa shape index (κ1) is 66.2. The van der Waals surface area contributed by atoms with E-state index in [4.69, 9.17) is 19.5 Å². The smallest absolute Gasteiger partial charge is 0.386 e. The number of nitrogen functional groups attached to an aromatic ring is 1. The van der Waals surface area contributed by atoms with Gasteiger partial charge in [-0.25, -0.2) is 28.6 Å². The molecule has 1 aliphatic heterocycles. The molecule has 10 N–H and O–H groups in total. The average molecular weight is 1150 g/mol. The van der Waals surface area contributed by atoms with Crippen LogP contribution < -0.4 is 16.4 Å². The third-order valence-corrected chi connectivity index (χ3v) is 15.1. The largest absolute Gasteiger partial charge is 0.481 e. The minimum atomic E-state index is -5.60. The number of aliphatic hydroxyl groups excluding tert-OH is 2. The lowest BCUT2D eigenvalue weighted by Crippen LogP contribution is -2.46. The van der Waals surface area contributed by atoms with Crippen molar-refractivity contribution in [2.75, 3.05) is 37.8 Å². The number of imidazole rings is 1. The van der Waals surface area contributed by atoms with Gasteiger partial charge in [-0.05, 0) is 51.4 Å². The number of carbonyl (C=O) groups excluding carboxylic acids is 4. The van der Waals surface area contributed by atoms with Crippen LogP contribution >= 0.6 is 35.2 Å². The maximum absolute atomic E-state index is 12.8. The number of phosphoric ester groups is 3. The molecule has 76 heavy (non-hydrogen) atoms. The van der Waals surface area contributed by atoms with Crippen LogP contribution in [0.5, 0.6) is 0 Å². The van der Waals surface area contributed by atoms with Gasteiger partial charge in [-0.3, -0.25) is 37.3 Å². The number of unbranched alkanes of at least 4 members (excludes halogenated alkanes) is 5. The van der Waals surface area contributed by atoms with Crippen LogP contribution in [0, 0.1) is 5.41 Å². The molecule has 2 aromatic heterocycles. The van der Waals surface area contributed by atoms with Crippen molar-refractivity contribution in [3.05, 3.63) is 73.4 Å². The van der Waals surface area contributed by atoms with Crippen LogP contribution in [0.25, 0.3) is 11.2 Å². The molecule has 29 heteroatoms. The Hall–Kier alpha value is -4.07. The van der Waals surface area contributed by atoms with E-state index in [0.29, 0.717) is 6.42 Å². The van der Waals surface area contributed by atoms with E-state index in [1.54, 1.807) is 0 Å². The summed E-state index contributed by atoms with van der Waals surface area (Å²) >= 11 is 0.928. The standard InChI is InChI=1S/C47H74N7O18P3S/c1-4-5-6-7-8-9-10-11-12-13-14-15-16-17-18-19-20-21-22-23-24-25-35(55)30-38(57)76-29-28-49-37(56)26-27-50-45(60)42(59)47(2,3)32-69-75(66,67)72-74(64,65)68-31-36-41(71-73(61,62)63)40(58)46(70-36)54-34-53-39-43(48)51-33-52-44(39)54/h5-6,8-9,11-12,14-15,17-18,33-34,36,40-42,46,58-59H,4,7,10,13,16,19-32H2,1-3H3,(H,49,56)(H,50,60)(H,64,65)(H,66,67)(H2,48,51,52)(H2,61,62,63)/b6-5-,9-8-,12-11-,15-14-,18-17-/t36-,40-,41-,42+,46-/m1/s1. The van der Waals surface area contributed by atoms with Gasteiger partial charge in [-0.2, -0.15) is 4.31 Å². The van der Waals surface area contributed by atoms with Crippen molar-refractivity contribution >= 4 is 74.9 Å². The Labute approximate surface area is 446 Å². The summed E-state index contributed by atoms with van der Waals surface area (Å²) in [6.45, 7) is 2.44. The summed E-state index contributed by atoms with van der Waals surface area (Å²) < 4.78 is 62.5. The van der Waals surface area contributed by atoms with E-state index < -0.39 is 84.6 Å². The number of aliphatic hydroxyl groups is 2. The number of Topliss-reactive ketones (excluding diaryl/α,β-unsaturated/α-hetero) is 1. The van der Waals surface area contributed by atoms with Gasteiger partial charge in [-0.15, -0.1) is 0 Å². The lowest BCUT2D eigenvalue weighted by molar-refractivity contribution is -0.137. The Morgan fingerprint density at radius 2 is 1.43 bits per heavy atom. The summed E-state index contributed by atoms with van der Waals surface area (Å²) in [4.78, 5) is 101. The van der Waals surface area contributed by atoms with Gasteiger partial charge >= 0.3 is 23.5 Å². The monoisotopic (exact) mass is 1150 g/mol. The van der Waals surface area contributed by atoms with E-state index in [1.165, 1.54) is 13.8 Å². The molecule has 3 rings (SSSR count).